The summed E-state index contributed by atoms with van der Waals surface area (Å²) in [7, 11) is 0. The van der Waals surface area contributed by atoms with Gasteiger partial charge in [-0.05, 0) is 31.9 Å². The van der Waals surface area contributed by atoms with E-state index >= 15 is 0 Å². The zero-order chi connectivity index (χ0) is 15.7. The molecule has 5 heteroatoms. The molecule has 0 aliphatic heterocycles. The molecule has 0 saturated heterocycles. The third-order valence-corrected chi connectivity index (χ3v) is 3.20. The molecule has 1 aromatic rings. The van der Waals surface area contributed by atoms with Crippen LogP contribution in [0.1, 0.15) is 49.2 Å². The summed E-state index contributed by atoms with van der Waals surface area (Å²) in [5, 5.41) is 12.4. The van der Waals surface area contributed by atoms with Gasteiger partial charge in [-0.2, -0.15) is 0 Å². The van der Waals surface area contributed by atoms with Gasteiger partial charge in [0.1, 0.15) is 5.82 Å². The fourth-order valence-corrected chi connectivity index (χ4v) is 2.10. The van der Waals surface area contributed by atoms with Crippen LogP contribution in [0.25, 0.3) is 0 Å². The average Bonchev–Trinajstić information content (AvgIpc) is 2.48. The van der Waals surface area contributed by atoms with Crippen molar-refractivity contribution in [2.24, 2.45) is 0 Å². The van der Waals surface area contributed by atoms with Crippen molar-refractivity contribution in [3.63, 3.8) is 0 Å². The van der Waals surface area contributed by atoms with Crippen molar-refractivity contribution < 1.29 is 9.90 Å². The quantitative estimate of drug-likeness (QED) is 0.734. The highest BCUT2D eigenvalue weighted by atomic mass is 16.3. The first-order chi connectivity index (χ1) is 10.1. The van der Waals surface area contributed by atoms with E-state index in [4.69, 9.17) is 5.11 Å². The van der Waals surface area contributed by atoms with E-state index in [9.17, 15) is 4.79 Å². The molecule has 0 bridgehead atoms. The number of aromatic nitrogens is 1. The number of hydrogen-bond donors (Lipinski definition) is 2. The van der Waals surface area contributed by atoms with Gasteiger partial charge in [0.05, 0.1) is 6.61 Å². The minimum atomic E-state index is -0.0393. The van der Waals surface area contributed by atoms with Gasteiger partial charge in [-0.3, -0.25) is 4.79 Å². The predicted octanol–water partition coefficient (Wildman–Crippen LogP) is 2.45. The molecule has 0 aromatic carbocycles. The first-order valence-corrected chi connectivity index (χ1v) is 7.75. The molecule has 0 unspecified atom stereocenters. The zero-order valence-corrected chi connectivity index (χ0v) is 13.4. The standard InChI is InChI=1S/C16H27N3O2/c1-4-6-8-19(9-10-20)16(21)14-11-13(3)18-15(12-14)17-7-5-2/h11-12,20H,4-10H2,1-3H3,(H,17,18). The van der Waals surface area contributed by atoms with E-state index in [1.54, 1.807) is 17.0 Å². The van der Waals surface area contributed by atoms with Crippen molar-refractivity contribution in [2.45, 2.75) is 40.0 Å². The van der Waals surface area contributed by atoms with Gasteiger partial charge in [-0.25, -0.2) is 4.98 Å². The molecule has 0 spiro atoms. The van der Waals surface area contributed by atoms with Gasteiger partial charge >= 0.3 is 0 Å². The van der Waals surface area contributed by atoms with Gasteiger partial charge in [-0.1, -0.05) is 20.3 Å². The molecule has 0 atom stereocenters. The lowest BCUT2D eigenvalue weighted by Crippen LogP contribution is -2.34. The summed E-state index contributed by atoms with van der Waals surface area (Å²) in [5.74, 6) is 0.696. The van der Waals surface area contributed by atoms with Crippen LogP contribution in [0.5, 0.6) is 0 Å². The summed E-state index contributed by atoms with van der Waals surface area (Å²) in [6.45, 7) is 7.93. The molecule has 0 aliphatic carbocycles. The Kier molecular flexibility index (Phi) is 7.75. The molecule has 0 radical (unpaired) electrons. The fraction of sp³-hybridized carbons (Fsp3) is 0.625. The van der Waals surface area contributed by atoms with Crippen LogP contribution in [0.4, 0.5) is 5.82 Å². The maximum atomic E-state index is 12.6. The number of nitrogens with zero attached hydrogens (tertiary/aromatic N) is 2. The highest BCUT2D eigenvalue weighted by Crippen LogP contribution is 2.13. The smallest absolute Gasteiger partial charge is 0.254 e. The molecule has 118 valence electrons. The maximum absolute atomic E-state index is 12.6. The van der Waals surface area contributed by atoms with Crippen molar-refractivity contribution in [1.29, 1.82) is 0 Å². The average molecular weight is 293 g/mol. The molecule has 1 amide bonds. The van der Waals surface area contributed by atoms with Crippen LogP contribution in [0.15, 0.2) is 12.1 Å². The topological polar surface area (TPSA) is 65.5 Å². The van der Waals surface area contributed by atoms with Crippen LogP contribution >= 0.6 is 0 Å². The monoisotopic (exact) mass is 293 g/mol. The minimum absolute atomic E-state index is 0.0134. The Hall–Kier alpha value is -1.62. The van der Waals surface area contributed by atoms with E-state index in [0.29, 0.717) is 18.7 Å². The van der Waals surface area contributed by atoms with Gasteiger partial charge in [0, 0.05) is 30.9 Å². The lowest BCUT2D eigenvalue weighted by Gasteiger charge is -2.22. The Morgan fingerprint density at radius 1 is 1.29 bits per heavy atom. The van der Waals surface area contributed by atoms with Crippen molar-refractivity contribution >= 4 is 11.7 Å². The van der Waals surface area contributed by atoms with E-state index in [-0.39, 0.29) is 12.5 Å². The second-order valence-corrected chi connectivity index (χ2v) is 5.18. The maximum Gasteiger partial charge on any atom is 0.254 e. The van der Waals surface area contributed by atoms with E-state index in [1.807, 2.05) is 6.92 Å². The third-order valence-electron chi connectivity index (χ3n) is 3.20. The van der Waals surface area contributed by atoms with Crippen molar-refractivity contribution in [2.75, 3.05) is 31.6 Å². The number of hydrogen-bond acceptors (Lipinski definition) is 4. The second kappa shape index (κ2) is 9.34. The number of unbranched alkanes of at least 4 members (excludes halogenated alkanes) is 1. The Balaban J connectivity index is 2.89. The number of aliphatic hydroxyl groups is 1. The highest BCUT2D eigenvalue weighted by Gasteiger charge is 2.16. The van der Waals surface area contributed by atoms with E-state index in [2.05, 4.69) is 24.1 Å². The molecular weight excluding hydrogens is 266 g/mol. The molecule has 1 rings (SSSR count). The number of rotatable bonds is 9. The van der Waals surface area contributed by atoms with Gasteiger partial charge in [-0.15, -0.1) is 0 Å². The van der Waals surface area contributed by atoms with E-state index in [1.165, 1.54) is 0 Å². The number of nitrogens with one attached hydrogen (secondary N) is 1. The van der Waals surface area contributed by atoms with E-state index in [0.717, 1.165) is 37.3 Å². The second-order valence-electron chi connectivity index (χ2n) is 5.18. The van der Waals surface area contributed by atoms with Gasteiger partial charge in [0.2, 0.25) is 0 Å². The number of carbonyl (C=O) groups is 1. The van der Waals surface area contributed by atoms with Crippen LogP contribution in [0.2, 0.25) is 0 Å². The number of aryl methyl sites for hydroxylation is 1. The molecule has 1 heterocycles. The number of anilines is 1. The summed E-state index contributed by atoms with van der Waals surface area (Å²) >= 11 is 0. The Morgan fingerprint density at radius 3 is 2.67 bits per heavy atom. The summed E-state index contributed by atoms with van der Waals surface area (Å²) in [6, 6.07) is 3.59. The molecule has 0 aliphatic rings. The third kappa shape index (κ3) is 5.71. The van der Waals surface area contributed by atoms with Crippen LogP contribution in [0.3, 0.4) is 0 Å². The normalized spacial score (nSPS) is 10.5. The first-order valence-electron chi connectivity index (χ1n) is 7.75. The fourth-order valence-electron chi connectivity index (χ4n) is 2.10. The molecule has 0 fully saturated rings. The van der Waals surface area contributed by atoms with Gasteiger partial charge in [0.15, 0.2) is 0 Å². The predicted molar refractivity (Wildman–Crippen MR) is 85.7 cm³/mol. The van der Waals surface area contributed by atoms with Gasteiger partial charge < -0.3 is 15.3 Å². The lowest BCUT2D eigenvalue weighted by molar-refractivity contribution is 0.0719. The first kappa shape index (κ1) is 17.4. The number of pyridine rings is 1. The Morgan fingerprint density at radius 2 is 2.05 bits per heavy atom. The van der Waals surface area contributed by atoms with Crippen molar-refractivity contribution in [1.82, 2.24) is 9.88 Å². The van der Waals surface area contributed by atoms with Crippen molar-refractivity contribution in [3.8, 4) is 0 Å². The summed E-state index contributed by atoms with van der Waals surface area (Å²) in [4.78, 5) is 18.7. The summed E-state index contributed by atoms with van der Waals surface area (Å²) < 4.78 is 0. The molecular formula is C16H27N3O2. The SMILES string of the molecule is CCCCN(CCO)C(=O)c1cc(C)nc(NCCC)c1. The number of aliphatic hydroxyl groups excluding tert-OH is 1. The molecule has 0 saturated carbocycles. The summed E-state index contributed by atoms with van der Waals surface area (Å²) in [5.41, 5.74) is 1.45. The lowest BCUT2D eigenvalue weighted by atomic mass is 10.2. The Bertz CT molecular complexity index is 449. The number of carbonyl (C=O) groups excluding carboxylic acids is 1. The van der Waals surface area contributed by atoms with Crippen LogP contribution in [-0.4, -0.2) is 47.1 Å². The van der Waals surface area contributed by atoms with Crippen LogP contribution in [-0.2, 0) is 0 Å². The molecule has 1 aromatic heterocycles. The van der Waals surface area contributed by atoms with Gasteiger partial charge in [0.25, 0.3) is 5.91 Å². The highest BCUT2D eigenvalue weighted by molar-refractivity contribution is 5.95. The van der Waals surface area contributed by atoms with Crippen molar-refractivity contribution in [3.05, 3.63) is 23.4 Å². The summed E-state index contributed by atoms with van der Waals surface area (Å²) in [6.07, 6.45) is 2.97. The number of amides is 1. The molecule has 21 heavy (non-hydrogen) atoms. The zero-order valence-electron chi connectivity index (χ0n) is 13.4. The largest absolute Gasteiger partial charge is 0.395 e. The van der Waals surface area contributed by atoms with Crippen LogP contribution < -0.4 is 5.32 Å². The Labute approximate surface area is 127 Å². The minimum Gasteiger partial charge on any atom is -0.395 e. The molecule has 5 nitrogen and oxygen atoms in total. The van der Waals surface area contributed by atoms with E-state index < -0.39 is 0 Å². The van der Waals surface area contributed by atoms with Crippen LogP contribution in [0, 0.1) is 6.92 Å². The molecule has 2 N–H and O–H groups in total.